The number of hydrogen-bond donors (Lipinski definition) is 0. The monoisotopic (exact) mass is 365 g/mol. The Labute approximate surface area is 136 Å². The highest BCUT2D eigenvalue weighted by molar-refractivity contribution is 7.87. The van der Waals surface area contributed by atoms with Gasteiger partial charge in [0.2, 0.25) is 0 Å². The summed E-state index contributed by atoms with van der Waals surface area (Å²) in [5, 5.41) is 0. The Morgan fingerprint density at radius 3 is 1.92 bits per heavy atom. The summed E-state index contributed by atoms with van der Waals surface area (Å²) in [5.41, 5.74) is -5.34. The van der Waals surface area contributed by atoms with Gasteiger partial charge in [-0.2, -0.15) is 21.6 Å². The van der Waals surface area contributed by atoms with Gasteiger partial charge in [-0.15, -0.1) is 0 Å². The van der Waals surface area contributed by atoms with E-state index in [1.54, 1.807) is 12.1 Å². The number of imide groups is 1. The van der Waals surface area contributed by atoms with E-state index in [-0.39, 0.29) is 11.1 Å². The zero-order chi connectivity index (χ0) is 18.3. The highest BCUT2D eigenvalue weighted by Crippen LogP contribution is 2.29. The normalized spacial score (nSPS) is 16.7. The fourth-order valence-electron chi connectivity index (χ4n) is 2.30. The van der Waals surface area contributed by atoms with Gasteiger partial charge in [0.1, 0.15) is 0 Å². The third kappa shape index (κ3) is 3.16. The molecule has 1 aliphatic rings. The second-order valence-electron chi connectivity index (χ2n) is 5.52. The Balaban J connectivity index is 2.28. The first-order valence-corrected chi connectivity index (χ1v) is 8.31. The van der Waals surface area contributed by atoms with Crippen LogP contribution in [-0.2, 0) is 14.3 Å². The van der Waals surface area contributed by atoms with Crippen molar-refractivity contribution in [3.63, 3.8) is 0 Å². The molecule has 0 aromatic heterocycles. The predicted molar refractivity (Wildman–Crippen MR) is 76.5 cm³/mol. The average Bonchev–Trinajstić information content (AvgIpc) is 2.71. The SMILES string of the molecule is CC(C)[C@@H](COS(=O)(=O)C(F)(F)F)N1C(=O)c2ccccc2C1=O. The fourth-order valence-corrected chi connectivity index (χ4v) is 2.75. The molecule has 0 saturated heterocycles. The lowest BCUT2D eigenvalue weighted by Gasteiger charge is -2.29. The first kappa shape index (κ1) is 18.4. The van der Waals surface area contributed by atoms with E-state index < -0.39 is 46.0 Å². The third-order valence-corrected chi connectivity index (χ3v) is 4.62. The summed E-state index contributed by atoms with van der Waals surface area (Å²) in [6.45, 7) is 2.11. The number of rotatable bonds is 5. The van der Waals surface area contributed by atoms with Crippen molar-refractivity contribution in [1.82, 2.24) is 4.90 Å². The number of amides is 2. The zero-order valence-corrected chi connectivity index (χ0v) is 13.5. The summed E-state index contributed by atoms with van der Waals surface area (Å²) in [5.74, 6) is -1.90. The predicted octanol–water partition coefficient (Wildman–Crippen LogP) is 2.17. The summed E-state index contributed by atoms with van der Waals surface area (Å²) in [4.78, 5) is 25.5. The summed E-state index contributed by atoms with van der Waals surface area (Å²) < 4.78 is 63.2. The molecule has 1 heterocycles. The van der Waals surface area contributed by atoms with Gasteiger partial charge < -0.3 is 0 Å². The van der Waals surface area contributed by atoms with E-state index in [1.165, 1.54) is 26.0 Å². The highest BCUT2D eigenvalue weighted by Gasteiger charge is 2.49. The number of fused-ring (bicyclic) bond motifs is 1. The van der Waals surface area contributed by atoms with Crippen molar-refractivity contribution in [3.8, 4) is 0 Å². The molecule has 0 N–H and O–H groups in total. The van der Waals surface area contributed by atoms with Gasteiger partial charge in [-0.05, 0) is 18.1 Å². The summed E-state index contributed by atoms with van der Waals surface area (Å²) in [7, 11) is -5.81. The number of halogens is 3. The molecule has 10 heteroatoms. The minimum atomic E-state index is -5.81. The third-order valence-electron chi connectivity index (χ3n) is 3.60. The van der Waals surface area contributed by atoms with Crippen LogP contribution in [0.4, 0.5) is 13.2 Å². The maximum atomic E-state index is 12.4. The molecule has 6 nitrogen and oxygen atoms in total. The Bertz CT molecular complexity index is 738. The largest absolute Gasteiger partial charge is 0.523 e. The maximum Gasteiger partial charge on any atom is 0.523 e. The summed E-state index contributed by atoms with van der Waals surface area (Å²) in [6.07, 6.45) is 0. The van der Waals surface area contributed by atoms with Gasteiger partial charge in [0, 0.05) is 0 Å². The van der Waals surface area contributed by atoms with E-state index in [1.807, 2.05) is 0 Å². The van der Waals surface area contributed by atoms with E-state index in [4.69, 9.17) is 0 Å². The highest BCUT2D eigenvalue weighted by atomic mass is 32.2. The van der Waals surface area contributed by atoms with Crippen LogP contribution in [0.5, 0.6) is 0 Å². The van der Waals surface area contributed by atoms with E-state index in [0.29, 0.717) is 0 Å². The zero-order valence-electron chi connectivity index (χ0n) is 12.7. The van der Waals surface area contributed by atoms with Crippen LogP contribution in [0.25, 0.3) is 0 Å². The maximum absolute atomic E-state index is 12.4. The molecule has 132 valence electrons. The van der Waals surface area contributed by atoms with E-state index in [0.717, 1.165) is 4.90 Å². The van der Waals surface area contributed by atoms with Crippen LogP contribution in [0.1, 0.15) is 34.6 Å². The molecule has 1 aromatic rings. The topological polar surface area (TPSA) is 80.8 Å². The Hall–Kier alpha value is -1.94. The average molecular weight is 365 g/mol. The van der Waals surface area contributed by atoms with E-state index in [2.05, 4.69) is 4.18 Å². The van der Waals surface area contributed by atoms with Crippen LogP contribution in [0.2, 0.25) is 0 Å². The van der Waals surface area contributed by atoms with Crippen molar-refractivity contribution >= 4 is 21.9 Å². The van der Waals surface area contributed by atoms with Crippen LogP contribution in [-0.4, -0.2) is 43.3 Å². The molecule has 1 aliphatic heterocycles. The molecule has 1 atom stereocenters. The van der Waals surface area contributed by atoms with Crippen molar-refractivity contribution in [1.29, 1.82) is 0 Å². The smallest absolute Gasteiger partial charge is 0.269 e. The minimum Gasteiger partial charge on any atom is -0.269 e. The molecule has 24 heavy (non-hydrogen) atoms. The molecule has 1 aromatic carbocycles. The van der Waals surface area contributed by atoms with Gasteiger partial charge in [0.25, 0.3) is 11.8 Å². The minimum absolute atomic E-state index is 0.117. The number of carbonyl (C=O) groups excluding carboxylic acids is 2. The lowest BCUT2D eigenvalue weighted by molar-refractivity contribution is -0.0555. The molecule has 0 fully saturated rings. The first-order valence-electron chi connectivity index (χ1n) is 6.90. The molecule has 0 aliphatic carbocycles. The number of benzene rings is 1. The summed E-state index contributed by atoms with van der Waals surface area (Å²) >= 11 is 0. The second-order valence-corrected chi connectivity index (χ2v) is 7.13. The van der Waals surface area contributed by atoms with Crippen molar-refractivity contribution in [2.24, 2.45) is 5.92 Å². The Morgan fingerprint density at radius 2 is 1.54 bits per heavy atom. The van der Waals surface area contributed by atoms with Gasteiger partial charge in [-0.3, -0.25) is 18.7 Å². The molecule has 2 rings (SSSR count). The molecule has 0 unspecified atom stereocenters. The van der Waals surface area contributed by atoms with Gasteiger partial charge in [0.15, 0.2) is 0 Å². The van der Waals surface area contributed by atoms with Gasteiger partial charge in [-0.1, -0.05) is 26.0 Å². The lowest BCUT2D eigenvalue weighted by Crippen LogP contribution is -2.46. The molecule has 0 spiro atoms. The standard InChI is InChI=1S/C14H14F3NO5S/c1-8(2)11(7-23-24(21,22)14(15,16)17)18-12(19)9-5-3-4-6-10(9)13(18)20/h3-6,8,11H,7H2,1-2H3/t11-/m1/s1. The Morgan fingerprint density at radius 1 is 1.08 bits per heavy atom. The van der Waals surface area contributed by atoms with E-state index in [9.17, 15) is 31.2 Å². The molecule has 0 radical (unpaired) electrons. The van der Waals surface area contributed by atoms with Crippen LogP contribution < -0.4 is 0 Å². The van der Waals surface area contributed by atoms with Gasteiger partial charge in [0.05, 0.1) is 23.8 Å². The quantitative estimate of drug-likeness (QED) is 0.454. The molecular formula is C14H14F3NO5S. The van der Waals surface area contributed by atoms with Crippen LogP contribution in [0, 0.1) is 5.92 Å². The molecule has 0 bridgehead atoms. The number of carbonyl (C=O) groups is 2. The lowest BCUT2D eigenvalue weighted by atomic mass is 10.0. The molecular weight excluding hydrogens is 351 g/mol. The van der Waals surface area contributed by atoms with Crippen molar-refractivity contribution in [2.45, 2.75) is 25.4 Å². The van der Waals surface area contributed by atoms with Crippen molar-refractivity contribution in [3.05, 3.63) is 35.4 Å². The fraction of sp³-hybridized carbons (Fsp3) is 0.429. The van der Waals surface area contributed by atoms with Gasteiger partial charge >= 0.3 is 15.6 Å². The first-order chi connectivity index (χ1) is 11.0. The number of alkyl halides is 3. The van der Waals surface area contributed by atoms with Crippen LogP contribution in [0.3, 0.4) is 0 Å². The van der Waals surface area contributed by atoms with Crippen molar-refractivity contribution < 1.29 is 35.4 Å². The Kier molecular flexibility index (Phi) is 4.73. The number of nitrogens with zero attached hydrogens (tertiary/aromatic N) is 1. The van der Waals surface area contributed by atoms with Crippen molar-refractivity contribution in [2.75, 3.05) is 6.61 Å². The molecule has 0 saturated carbocycles. The summed E-state index contributed by atoms with van der Waals surface area (Å²) in [6, 6.07) is 4.76. The second kappa shape index (κ2) is 6.17. The number of hydrogen-bond acceptors (Lipinski definition) is 5. The van der Waals surface area contributed by atoms with Crippen LogP contribution >= 0.6 is 0 Å². The van der Waals surface area contributed by atoms with E-state index >= 15 is 0 Å². The van der Waals surface area contributed by atoms with Gasteiger partial charge in [-0.25, -0.2) is 0 Å². The van der Waals surface area contributed by atoms with Crippen LogP contribution in [0.15, 0.2) is 24.3 Å². The molecule has 2 amide bonds.